The fourth-order valence-electron chi connectivity index (χ4n) is 2.00. The molecule has 0 aromatic heterocycles. The second-order valence-corrected chi connectivity index (χ2v) is 4.34. The normalized spacial score (nSPS) is 19.4. The lowest BCUT2D eigenvalue weighted by Crippen LogP contribution is -2.38. The van der Waals surface area contributed by atoms with Crippen molar-refractivity contribution in [3.63, 3.8) is 0 Å². The van der Waals surface area contributed by atoms with Crippen LogP contribution in [0.1, 0.15) is 23.2 Å². The van der Waals surface area contributed by atoms with E-state index in [-0.39, 0.29) is 5.91 Å². The number of hydrogen-bond acceptors (Lipinski definition) is 2. The first-order valence-corrected chi connectivity index (χ1v) is 5.73. The van der Waals surface area contributed by atoms with E-state index in [9.17, 15) is 14.0 Å². The second kappa shape index (κ2) is 4.84. The summed E-state index contributed by atoms with van der Waals surface area (Å²) in [6.07, 6.45) is 1.35. The van der Waals surface area contributed by atoms with E-state index in [1.54, 1.807) is 0 Å². The molecule has 0 spiro atoms. The zero-order valence-corrected chi connectivity index (χ0v) is 9.78. The highest BCUT2D eigenvalue weighted by atomic mass is 35.5. The smallest absolute Gasteiger partial charge is 0.254 e. The van der Waals surface area contributed by atoms with Crippen molar-refractivity contribution in [2.24, 2.45) is 0 Å². The van der Waals surface area contributed by atoms with Crippen molar-refractivity contribution in [1.29, 1.82) is 0 Å². The minimum Gasteiger partial charge on any atom is -0.327 e. The Balaban J connectivity index is 2.19. The van der Waals surface area contributed by atoms with Gasteiger partial charge in [-0.05, 0) is 48.7 Å². The number of amides is 1. The summed E-state index contributed by atoms with van der Waals surface area (Å²) in [6.45, 7) is 0.513. The zero-order valence-electron chi connectivity index (χ0n) is 9.03. The molecular weight excluding hydrogens is 245 g/mol. The van der Waals surface area contributed by atoms with Crippen LogP contribution >= 0.6 is 11.6 Å². The molecule has 1 saturated heterocycles. The van der Waals surface area contributed by atoms with E-state index >= 15 is 0 Å². The summed E-state index contributed by atoms with van der Waals surface area (Å²) in [6, 6.07) is 4.72. The van der Waals surface area contributed by atoms with Gasteiger partial charge in [-0.25, -0.2) is 4.39 Å². The highest BCUT2D eigenvalue weighted by molar-refractivity contribution is 6.64. The lowest BCUT2D eigenvalue weighted by molar-refractivity contribution is -0.115. The van der Waals surface area contributed by atoms with Crippen LogP contribution in [0.5, 0.6) is 0 Å². The largest absolute Gasteiger partial charge is 0.327 e. The third kappa shape index (κ3) is 2.47. The topological polar surface area (TPSA) is 37.4 Å². The summed E-state index contributed by atoms with van der Waals surface area (Å²) >= 11 is 5.44. The molecule has 1 fully saturated rings. The Bertz CT molecular complexity index is 446. The number of benzene rings is 1. The highest BCUT2D eigenvalue weighted by Crippen LogP contribution is 2.22. The van der Waals surface area contributed by atoms with Crippen LogP contribution in [-0.2, 0) is 4.79 Å². The average Bonchev–Trinajstić information content (AvgIpc) is 2.78. The molecule has 0 saturated carbocycles. The first-order valence-electron chi connectivity index (χ1n) is 5.35. The highest BCUT2D eigenvalue weighted by Gasteiger charge is 2.33. The van der Waals surface area contributed by atoms with Crippen molar-refractivity contribution in [2.45, 2.75) is 18.9 Å². The first kappa shape index (κ1) is 12.0. The van der Waals surface area contributed by atoms with Gasteiger partial charge in [0.1, 0.15) is 11.9 Å². The number of likely N-dealkylation sites (tertiary alicyclic amines) is 1. The van der Waals surface area contributed by atoms with Gasteiger partial charge >= 0.3 is 0 Å². The number of carbonyl (C=O) groups excluding carboxylic acids is 2. The molecule has 5 heteroatoms. The summed E-state index contributed by atoms with van der Waals surface area (Å²) in [5, 5.41) is -0.516. The van der Waals surface area contributed by atoms with Crippen LogP contribution in [0.25, 0.3) is 0 Å². The van der Waals surface area contributed by atoms with Crippen molar-refractivity contribution in [3.05, 3.63) is 35.6 Å². The molecule has 3 nitrogen and oxygen atoms in total. The van der Waals surface area contributed by atoms with E-state index in [0.29, 0.717) is 18.5 Å². The van der Waals surface area contributed by atoms with Gasteiger partial charge in [0.25, 0.3) is 5.91 Å². The number of halogens is 2. The molecule has 17 heavy (non-hydrogen) atoms. The third-order valence-corrected chi connectivity index (χ3v) is 3.12. The lowest BCUT2D eigenvalue weighted by Gasteiger charge is -2.21. The molecular formula is C12H11ClFNO2. The maximum Gasteiger partial charge on any atom is 0.254 e. The lowest BCUT2D eigenvalue weighted by atomic mass is 10.2. The summed E-state index contributed by atoms with van der Waals surface area (Å²) in [7, 11) is 0. The van der Waals surface area contributed by atoms with Gasteiger partial charge in [0.05, 0.1) is 0 Å². The predicted octanol–water partition coefficient (Wildman–Crippen LogP) is 2.20. The van der Waals surface area contributed by atoms with Gasteiger partial charge in [-0.2, -0.15) is 0 Å². The monoisotopic (exact) mass is 255 g/mol. The summed E-state index contributed by atoms with van der Waals surface area (Å²) in [4.78, 5) is 24.7. The Labute approximate surface area is 103 Å². The zero-order chi connectivity index (χ0) is 12.4. The van der Waals surface area contributed by atoms with Gasteiger partial charge in [-0.3, -0.25) is 9.59 Å². The standard InChI is InChI=1S/C12H11ClFNO2/c13-11(16)10-2-1-7-15(10)12(17)8-3-5-9(14)6-4-8/h3-6,10H,1-2,7H2. The van der Waals surface area contributed by atoms with E-state index < -0.39 is 17.1 Å². The molecule has 1 aliphatic rings. The quantitative estimate of drug-likeness (QED) is 0.760. The number of hydrogen-bond donors (Lipinski definition) is 0. The molecule has 1 aromatic rings. The number of carbonyl (C=O) groups is 2. The van der Waals surface area contributed by atoms with E-state index in [1.807, 2.05) is 0 Å². The van der Waals surface area contributed by atoms with E-state index in [0.717, 1.165) is 6.42 Å². The summed E-state index contributed by atoms with van der Waals surface area (Å²) in [5.41, 5.74) is 0.371. The molecule has 1 aliphatic heterocycles. The summed E-state index contributed by atoms with van der Waals surface area (Å²) in [5.74, 6) is -0.672. The van der Waals surface area contributed by atoms with Gasteiger partial charge in [0.2, 0.25) is 5.24 Å². The van der Waals surface area contributed by atoms with Gasteiger partial charge in [-0.1, -0.05) is 0 Å². The number of nitrogens with zero attached hydrogens (tertiary/aromatic N) is 1. The molecule has 2 rings (SSSR count). The van der Waals surface area contributed by atoms with Crippen molar-refractivity contribution in [1.82, 2.24) is 4.90 Å². The maximum absolute atomic E-state index is 12.7. The number of rotatable bonds is 2. The molecule has 0 aliphatic carbocycles. The molecule has 0 radical (unpaired) electrons. The van der Waals surface area contributed by atoms with E-state index in [4.69, 9.17) is 11.6 Å². The molecule has 1 heterocycles. The molecule has 1 atom stereocenters. The van der Waals surface area contributed by atoms with Crippen molar-refractivity contribution >= 4 is 22.8 Å². The second-order valence-electron chi connectivity index (χ2n) is 3.97. The van der Waals surface area contributed by atoms with E-state index in [1.165, 1.54) is 29.2 Å². The van der Waals surface area contributed by atoms with Crippen LogP contribution in [0.2, 0.25) is 0 Å². The predicted molar refractivity (Wildman–Crippen MR) is 61.3 cm³/mol. The van der Waals surface area contributed by atoms with Gasteiger partial charge < -0.3 is 4.90 Å². The van der Waals surface area contributed by atoms with E-state index in [2.05, 4.69) is 0 Å². The van der Waals surface area contributed by atoms with Crippen LogP contribution < -0.4 is 0 Å². The molecule has 0 N–H and O–H groups in total. The Morgan fingerprint density at radius 1 is 1.29 bits per heavy atom. The fourth-order valence-corrected chi connectivity index (χ4v) is 2.23. The van der Waals surface area contributed by atoms with Gasteiger partial charge in [-0.15, -0.1) is 0 Å². The van der Waals surface area contributed by atoms with Crippen molar-refractivity contribution < 1.29 is 14.0 Å². The Kier molecular flexibility index (Phi) is 3.43. The Hall–Kier alpha value is -1.42. The third-order valence-electron chi connectivity index (χ3n) is 2.87. The molecule has 90 valence electrons. The Morgan fingerprint density at radius 3 is 2.53 bits per heavy atom. The van der Waals surface area contributed by atoms with Crippen LogP contribution in [0.15, 0.2) is 24.3 Å². The van der Waals surface area contributed by atoms with Crippen LogP contribution in [-0.4, -0.2) is 28.6 Å². The first-order chi connectivity index (χ1) is 8.09. The van der Waals surface area contributed by atoms with Gasteiger partial charge in [0, 0.05) is 12.1 Å². The fraction of sp³-hybridized carbons (Fsp3) is 0.333. The SMILES string of the molecule is O=C(Cl)C1CCCN1C(=O)c1ccc(F)cc1. The van der Waals surface area contributed by atoms with Gasteiger partial charge in [0.15, 0.2) is 0 Å². The van der Waals surface area contributed by atoms with Crippen molar-refractivity contribution in [3.8, 4) is 0 Å². The maximum atomic E-state index is 12.7. The summed E-state index contributed by atoms with van der Waals surface area (Å²) < 4.78 is 12.7. The Morgan fingerprint density at radius 2 is 1.94 bits per heavy atom. The average molecular weight is 256 g/mol. The van der Waals surface area contributed by atoms with Crippen LogP contribution in [0.4, 0.5) is 4.39 Å². The van der Waals surface area contributed by atoms with Crippen LogP contribution in [0, 0.1) is 5.82 Å². The minimum atomic E-state index is -0.547. The molecule has 1 amide bonds. The molecule has 0 bridgehead atoms. The van der Waals surface area contributed by atoms with Crippen LogP contribution in [0.3, 0.4) is 0 Å². The van der Waals surface area contributed by atoms with Crippen molar-refractivity contribution in [2.75, 3.05) is 6.54 Å². The molecule has 1 unspecified atom stereocenters. The minimum absolute atomic E-state index is 0.276. The molecule has 1 aromatic carbocycles.